The van der Waals surface area contributed by atoms with Crippen LogP contribution in [0.1, 0.15) is 30.8 Å². The Bertz CT molecular complexity index is 947. The first-order valence-electron chi connectivity index (χ1n) is 8.65. The summed E-state index contributed by atoms with van der Waals surface area (Å²) in [5, 5.41) is 4.73. The lowest BCUT2D eigenvalue weighted by Crippen LogP contribution is -2.24. The zero-order valence-electron chi connectivity index (χ0n) is 15.0. The van der Waals surface area contributed by atoms with Crippen molar-refractivity contribution in [1.82, 2.24) is 14.7 Å². The summed E-state index contributed by atoms with van der Waals surface area (Å²) in [7, 11) is 1.71. The summed E-state index contributed by atoms with van der Waals surface area (Å²) in [5.74, 6) is -0.0770. The number of carbonyl (C=O) groups is 1. The van der Waals surface area contributed by atoms with Crippen LogP contribution < -0.4 is 0 Å². The Morgan fingerprint density at radius 3 is 2.67 bits per heavy atom. The van der Waals surface area contributed by atoms with E-state index in [1.807, 2.05) is 36.5 Å². The third-order valence-electron chi connectivity index (χ3n) is 4.81. The average Bonchev–Trinajstić information content (AvgIpc) is 3.20. The summed E-state index contributed by atoms with van der Waals surface area (Å²) in [6.45, 7) is 1.59. The van der Waals surface area contributed by atoms with Crippen LogP contribution in [0.25, 0.3) is 11.3 Å². The van der Waals surface area contributed by atoms with Crippen LogP contribution in [0.15, 0.2) is 53.2 Å². The van der Waals surface area contributed by atoms with Crippen LogP contribution in [0.3, 0.4) is 0 Å². The molecule has 27 heavy (non-hydrogen) atoms. The van der Waals surface area contributed by atoms with E-state index in [2.05, 4.69) is 15.9 Å². The summed E-state index contributed by atoms with van der Waals surface area (Å²) in [4.78, 5) is 13.5. The molecule has 140 valence electrons. The van der Waals surface area contributed by atoms with Gasteiger partial charge >= 0.3 is 0 Å². The number of aromatic nitrogens is 2. The lowest BCUT2D eigenvalue weighted by atomic mass is 9.93. The van der Waals surface area contributed by atoms with Crippen molar-refractivity contribution < 1.29 is 13.9 Å². The second-order valence-corrected chi connectivity index (χ2v) is 7.91. The molecule has 0 spiro atoms. The number of ether oxygens (including phenoxy) is 1. The number of likely N-dealkylation sites (N-methyl/N-ethyl adjacent to an activating group) is 1. The van der Waals surface area contributed by atoms with E-state index >= 15 is 0 Å². The van der Waals surface area contributed by atoms with Crippen molar-refractivity contribution in [3.05, 3.63) is 64.4 Å². The number of amides is 1. The molecule has 7 heteroatoms. The number of alkyl halides is 1. The highest BCUT2D eigenvalue weighted by Crippen LogP contribution is 2.35. The Balaban J connectivity index is 1.79. The molecule has 0 bridgehead atoms. The molecule has 1 aromatic carbocycles. The maximum Gasteiger partial charge on any atom is 0.250 e. The minimum Gasteiger partial charge on any atom is -0.344 e. The molecule has 1 aliphatic heterocycles. The van der Waals surface area contributed by atoms with Crippen molar-refractivity contribution >= 4 is 27.4 Å². The van der Waals surface area contributed by atoms with Crippen LogP contribution >= 0.6 is 15.9 Å². The van der Waals surface area contributed by atoms with Gasteiger partial charge in [0.25, 0.3) is 5.91 Å². The smallest absolute Gasteiger partial charge is 0.250 e. The normalized spacial score (nSPS) is 25.2. The maximum atomic E-state index is 14.1. The molecule has 0 radical (unpaired) electrons. The summed E-state index contributed by atoms with van der Waals surface area (Å²) in [5.41, 5.74) is 1.83. The topological polar surface area (TPSA) is 47.4 Å². The highest BCUT2D eigenvalue weighted by Gasteiger charge is 2.34. The van der Waals surface area contributed by atoms with Crippen LogP contribution in [-0.2, 0) is 9.53 Å². The third kappa shape index (κ3) is 3.49. The van der Waals surface area contributed by atoms with Gasteiger partial charge in [0, 0.05) is 29.7 Å². The molecule has 5 nitrogen and oxygen atoms in total. The van der Waals surface area contributed by atoms with Crippen LogP contribution in [0.2, 0.25) is 0 Å². The molecule has 2 aliphatic rings. The highest BCUT2D eigenvalue weighted by molar-refractivity contribution is 9.10. The number of rotatable bonds is 3. The molecule has 1 saturated heterocycles. The van der Waals surface area contributed by atoms with Gasteiger partial charge in [0.1, 0.15) is 18.0 Å². The van der Waals surface area contributed by atoms with Gasteiger partial charge in [-0.2, -0.15) is 5.10 Å². The van der Waals surface area contributed by atoms with Crippen molar-refractivity contribution in [2.45, 2.75) is 25.2 Å². The molecular formula is C20H19BrFN3O2. The molecule has 2 heterocycles. The minimum absolute atomic E-state index is 0.0432. The molecule has 1 aliphatic carbocycles. The second kappa shape index (κ2) is 6.73. The quantitative estimate of drug-likeness (QED) is 0.731. The molecule has 2 aromatic rings. The number of allylic oxidation sites excluding steroid dienone is 4. The average molecular weight is 432 g/mol. The Kier molecular flexibility index (Phi) is 4.52. The fourth-order valence-corrected chi connectivity index (χ4v) is 3.46. The lowest BCUT2D eigenvalue weighted by molar-refractivity contribution is -0.126. The van der Waals surface area contributed by atoms with Gasteiger partial charge in [-0.1, -0.05) is 28.1 Å². The molecule has 1 aromatic heterocycles. The number of halogens is 2. The number of benzene rings is 1. The third-order valence-corrected chi connectivity index (χ3v) is 5.34. The minimum atomic E-state index is -1.35. The Hall–Kier alpha value is -2.25. The first-order valence-corrected chi connectivity index (χ1v) is 9.45. The van der Waals surface area contributed by atoms with Crippen LogP contribution in [0, 0.1) is 0 Å². The lowest BCUT2D eigenvalue weighted by Gasteiger charge is -2.21. The fraction of sp³-hybridized carbons (Fsp3) is 0.300. The van der Waals surface area contributed by atoms with Gasteiger partial charge in [0.15, 0.2) is 6.23 Å². The molecular weight excluding hydrogens is 413 g/mol. The molecule has 0 N–H and O–H groups in total. The molecule has 1 fully saturated rings. The van der Waals surface area contributed by atoms with Crippen LogP contribution in [0.5, 0.6) is 0 Å². The maximum absolute atomic E-state index is 14.1. The number of hydrogen-bond donors (Lipinski definition) is 0. The first-order chi connectivity index (χ1) is 12.8. The standard InChI is InChI=1S/C20H19BrFN3O2/c1-20(22)9-7-13(8-10-20)18-16(19-24(2)17(26)12-27-19)11-25(23-18)15-5-3-14(21)4-6-15/h3-9,11,19H,10,12H2,1-2H3. The molecule has 4 rings (SSSR count). The van der Waals surface area contributed by atoms with E-state index in [1.54, 1.807) is 35.7 Å². The number of nitrogens with zero attached hydrogens (tertiary/aromatic N) is 3. The fourth-order valence-electron chi connectivity index (χ4n) is 3.20. The van der Waals surface area contributed by atoms with Gasteiger partial charge in [-0.05, 0) is 42.8 Å². The van der Waals surface area contributed by atoms with Crippen molar-refractivity contribution in [3.63, 3.8) is 0 Å². The van der Waals surface area contributed by atoms with Gasteiger partial charge in [-0.15, -0.1) is 0 Å². The van der Waals surface area contributed by atoms with Crippen LogP contribution in [0.4, 0.5) is 4.39 Å². The predicted octanol–water partition coefficient (Wildman–Crippen LogP) is 4.19. The Labute approximate surface area is 165 Å². The van der Waals surface area contributed by atoms with Gasteiger partial charge in [0.05, 0.1) is 5.69 Å². The van der Waals surface area contributed by atoms with Gasteiger partial charge in [0.2, 0.25) is 0 Å². The van der Waals surface area contributed by atoms with E-state index in [-0.39, 0.29) is 18.9 Å². The second-order valence-electron chi connectivity index (χ2n) is 7.00. The van der Waals surface area contributed by atoms with Crippen LogP contribution in [-0.4, -0.2) is 39.9 Å². The molecule has 2 atom stereocenters. The zero-order valence-corrected chi connectivity index (χ0v) is 16.6. The van der Waals surface area contributed by atoms with Crippen molar-refractivity contribution in [2.24, 2.45) is 0 Å². The van der Waals surface area contributed by atoms with E-state index in [1.165, 1.54) is 0 Å². The molecule has 0 saturated carbocycles. The first kappa shape index (κ1) is 18.1. The number of hydrogen-bond acceptors (Lipinski definition) is 3. The summed E-state index contributed by atoms with van der Waals surface area (Å²) < 4.78 is 22.6. The zero-order chi connectivity index (χ0) is 19.2. The van der Waals surface area contributed by atoms with E-state index in [0.29, 0.717) is 5.69 Å². The molecule has 1 amide bonds. The molecule has 2 unspecified atom stereocenters. The van der Waals surface area contributed by atoms with E-state index in [0.717, 1.165) is 21.3 Å². The Morgan fingerprint density at radius 1 is 1.33 bits per heavy atom. The monoisotopic (exact) mass is 431 g/mol. The van der Waals surface area contributed by atoms with Crippen molar-refractivity contribution in [1.29, 1.82) is 0 Å². The summed E-state index contributed by atoms with van der Waals surface area (Å²) >= 11 is 3.43. The van der Waals surface area contributed by atoms with E-state index in [9.17, 15) is 9.18 Å². The largest absolute Gasteiger partial charge is 0.344 e. The SMILES string of the molecule is CN1C(=O)COC1c1cn(-c2ccc(Br)cc2)nc1C1=CCC(C)(F)C=C1. The van der Waals surface area contributed by atoms with Crippen molar-refractivity contribution in [2.75, 3.05) is 13.7 Å². The van der Waals surface area contributed by atoms with E-state index in [4.69, 9.17) is 9.84 Å². The summed E-state index contributed by atoms with van der Waals surface area (Å²) in [6, 6.07) is 7.76. The Morgan fingerprint density at radius 2 is 2.07 bits per heavy atom. The summed E-state index contributed by atoms with van der Waals surface area (Å²) in [6.07, 6.45) is 6.78. The van der Waals surface area contributed by atoms with Gasteiger partial charge in [-0.3, -0.25) is 4.79 Å². The van der Waals surface area contributed by atoms with Gasteiger partial charge in [-0.25, -0.2) is 9.07 Å². The highest BCUT2D eigenvalue weighted by atomic mass is 79.9. The number of carbonyl (C=O) groups excluding carboxylic acids is 1. The van der Waals surface area contributed by atoms with Gasteiger partial charge < -0.3 is 9.64 Å². The van der Waals surface area contributed by atoms with Crippen molar-refractivity contribution in [3.8, 4) is 5.69 Å². The predicted molar refractivity (Wildman–Crippen MR) is 104 cm³/mol. The van der Waals surface area contributed by atoms with E-state index < -0.39 is 11.9 Å².